The van der Waals surface area contributed by atoms with Gasteiger partial charge in [0.15, 0.2) is 0 Å². The molecule has 0 N–H and O–H groups in total. The molecular weight excluding hydrogens is 426 g/mol. The second-order valence-corrected chi connectivity index (χ2v) is 9.41. The Labute approximate surface area is 167 Å². The van der Waals surface area contributed by atoms with Crippen molar-refractivity contribution in [1.29, 1.82) is 5.26 Å². The molecule has 9 nitrogen and oxygen atoms in total. The first-order valence-corrected chi connectivity index (χ1v) is 10.6. The van der Waals surface area contributed by atoms with E-state index in [0.29, 0.717) is 22.7 Å². The molecule has 1 aliphatic carbocycles. The van der Waals surface area contributed by atoms with Crippen LogP contribution in [0.1, 0.15) is 35.7 Å². The Morgan fingerprint density at radius 1 is 1.31 bits per heavy atom. The minimum absolute atomic E-state index is 0.101. The van der Waals surface area contributed by atoms with E-state index in [4.69, 9.17) is 9.68 Å². The van der Waals surface area contributed by atoms with Crippen LogP contribution in [0.3, 0.4) is 0 Å². The quantitative estimate of drug-likeness (QED) is 0.551. The Bertz CT molecular complexity index is 1180. The lowest BCUT2D eigenvalue weighted by atomic mass is 10.3. The Morgan fingerprint density at radius 3 is 2.76 bits per heavy atom. The van der Waals surface area contributed by atoms with Gasteiger partial charge in [0.2, 0.25) is 10.0 Å². The molecule has 0 unspecified atom stereocenters. The summed E-state index contributed by atoms with van der Waals surface area (Å²) >= 11 is 1.05. The van der Waals surface area contributed by atoms with E-state index in [1.807, 2.05) is 6.07 Å². The van der Waals surface area contributed by atoms with Crippen LogP contribution in [0, 0.1) is 11.3 Å². The van der Waals surface area contributed by atoms with Crippen molar-refractivity contribution in [2.24, 2.45) is 0 Å². The summed E-state index contributed by atoms with van der Waals surface area (Å²) < 4.78 is 57.2. The highest BCUT2D eigenvalue weighted by molar-refractivity contribution is 7.93. The van der Waals surface area contributed by atoms with Crippen LogP contribution in [0.5, 0.6) is 0 Å². The third-order valence-electron chi connectivity index (χ3n) is 4.06. The number of thiazole rings is 1. The molecule has 0 atom stereocenters. The van der Waals surface area contributed by atoms with Gasteiger partial charge in [0.05, 0.1) is 35.4 Å². The number of pyridine rings is 1. The number of hydrogen-bond acceptors (Lipinski definition) is 9. The van der Waals surface area contributed by atoms with Crippen molar-refractivity contribution in [1.82, 2.24) is 20.2 Å². The molecule has 0 spiro atoms. The Balaban J connectivity index is 1.64. The molecule has 13 heteroatoms. The Kier molecular flexibility index (Phi) is 4.97. The van der Waals surface area contributed by atoms with Crippen LogP contribution in [-0.2, 0) is 16.6 Å². The monoisotopic (exact) mass is 438 g/mol. The predicted molar refractivity (Wildman–Crippen MR) is 97.4 cm³/mol. The summed E-state index contributed by atoms with van der Waals surface area (Å²) in [5.74, 6) is -0.916. The van der Waals surface area contributed by atoms with Crippen molar-refractivity contribution in [3.05, 3.63) is 41.1 Å². The number of nitriles is 1. The lowest BCUT2D eigenvalue weighted by Gasteiger charge is -2.23. The number of hydrogen-bond donors (Lipinski definition) is 0. The van der Waals surface area contributed by atoms with Crippen LogP contribution in [0.15, 0.2) is 29.1 Å². The fourth-order valence-electron chi connectivity index (χ4n) is 2.53. The average molecular weight is 438 g/mol. The predicted octanol–water partition coefficient (Wildman–Crippen LogP) is 2.90. The van der Waals surface area contributed by atoms with E-state index in [9.17, 15) is 17.2 Å². The summed E-state index contributed by atoms with van der Waals surface area (Å²) in [4.78, 5) is 8.43. The normalized spacial score (nSPS) is 14.1. The van der Waals surface area contributed by atoms with E-state index in [2.05, 4.69) is 20.2 Å². The fourth-order valence-corrected chi connectivity index (χ4v) is 5.22. The number of nitrogens with zero attached hydrogens (tertiary/aromatic N) is 6. The average Bonchev–Trinajstić information content (AvgIpc) is 3.28. The van der Waals surface area contributed by atoms with Crippen molar-refractivity contribution in [3.63, 3.8) is 0 Å². The number of anilines is 1. The molecule has 3 aromatic heterocycles. The number of halogens is 2. The maximum Gasteiger partial charge on any atom is 0.314 e. The van der Waals surface area contributed by atoms with Crippen LogP contribution >= 0.6 is 11.3 Å². The van der Waals surface area contributed by atoms with E-state index in [-0.39, 0.29) is 23.7 Å². The van der Waals surface area contributed by atoms with Gasteiger partial charge < -0.3 is 4.42 Å². The number of rotatable bonds is 7. The number of alkyl halides is 2. The second-order valence-electron chi connectivity index (χ2n) is 6.16. The fraction of sp³-hybridized carbons (Fsp3) is 0.312. The zero-order valence-corrected chi connectivity index (χ0v) is 16.2. The minimum Gasteiger partial charge on any atom is -0.414 e. The van der Waals surface area contributed by atoms with Gasteiger partial charge in [0, 0.05) is 6.20 Å². The van der Waals surface area contributed by atoms with Crippen molar-refractivity contribution in [2.75, 3.05) is 4.31 Å². The van der Waals surface area contributed by atoms with E-state index < -0.39 is 27.6 Å². The molecule has 0 amide bonds. The summed E-state index contributed by atoms with van der Waals surface area (Å²) in [5, 5.41) is 15.8. The van der Waals surface area contributed by atoms with Crippen molar-refractivity contribution in [3.8, 4) is 16.8 Å². The zero-order valence-electron chi connectivity index (χ0n) is 14.6. The summed E-state index contributed by atoms with van der Waals surface area (Å²) in [7, 11) is -3.67. The molecule has 0 aliphatic heterocycles. The molecule has 0 bridgehead atoms. The summed E-state index contributed by atoms with van der Waals surface area (Å²) in [6.07, 6.45) is 2.29. The highest BCUT2D eigenvalue weighted by Crippen LogP contribution is 2.36. The van der Waals surface area contributed by atoms with Crippen molar-refractivity contribution in [2.45, 2.75) is 31.1 Å². The summed E-state index contributed by atoms with van der Waals surface area (Å²) in [6.45, 7) is -0.101. The lowest BCUT2D eigenvalue weighted by Crippen LogP contribution is -2.33. The minimum atomic E-state index is -3.67. The standard InChI is InChI=1S/C16H12F2N6O3S2/c17-14(18)16-23-22-15(27-16)12-7-21-13(28-12)8-24(29(25,26)11-1-2-11)10-3-9(4-19)5-20-6-10/h3,5-7,11,14H,1-2,8H2. The molecule has 0 radical (unpaired) electrons. The van der Waals surface area contributed by atoms with Crippen LogP contribution in [-0.4, -0.2) is 33.8 Å². The Morgan fingerprint density at radius 2 is 2.10 bits per heavy atom. The maximum atomic E-state index is 12.9. The SMILES string of the molecule is N#Cc1cncc(N(Cc2ncc(-c3nnc(C(F)F)o3)s2)S(=O)(=O)C2CC2)c1. The smallest absolute Gasteiger partial charge is 0.314 e. The molecule has 1 saturated carbocycles. The molecule has 29 heavy (non-hydrogen) atoms. The lowest BCUT2D eigenvalue weighted by molar-refractivity contribution is 0.116. The van der Waals surface area contributed by atoms with Gasteiger partial charge in [-0.25, -0.2) is 13.4 Å². The van der Waals surface area contributed by atoms with E-state index >= 15 is 0 Å². The van der Waals surface area contributed by atoms with Crippen LogP contribution < -0.4 is 4.31 Å². The molecule has 1 fully saturated rings. The Hall–Kier alpha value is -2.98. The molecule has 3 heterocycles. The molecule has 4 rings (SSSR count). The molecule has 0 saturated heterocycles. The van der Waals surface area contributed by atoms with Crippen LogP contribution in [0.25, 0.3) is 10.8 Å². The first-order valence-electron chi connectivity index (χ1n) is 8.32. The van der Waals surface area contributed by atoms with Gasteiger partial charge in [-0.15, -0.1) is 21.5 Å². The summed E-state index contributed by atoms with van der Waals surface area (Å²) in [5.41, 5.74) is 0.481. The first kappa shape index (κ1) is 19.3. The van der Waals surface area contributed by atoms with Crippen molar-refractivity contribution >= 4 is 27.0 Å². The molecule has 1 aliphatic rings. The molecule has 0 aromatic carbocycles. The van der Waals surface area contributed by atoms with Crippen molar-refractivity contribution < 1.29 is 21.6 Å². The van der Waals surface area contributed by atoms with E-state index in [1.165, 1.54) is 29.0 Å². The number of sulfonamides is 1. The third-order valence-corrected chi connectivity index (χ3v) is 7.30. The second kappa shape index (κ2) is 7.45. The van der Waals surface area contributed by atoms with Gasteiger partial charge in [-0.05, 0) is 18.9 Å². The van der Waals surface area contributed by atoms with Crippen LogP contribution in [0.2, 0.25) is 0 Å². The van der Waals surface area contributed by atoms with E-state index in [0.717, 1.165) is 11.3 Å². The van der Waals surface area contributed by atoms with Gasteiger partial charge in [-0.2, -0.15) is 14.0 Å². The van der Waals surface area contributed by atoms with Gasteiger partial charge in [0.1, 0.15) is 16.0 Å². The molecule has 150 valence electrons. The highest BCUT2D eigenvalue weighted by atomic mass is 32.2. The van der Waals surface area contributed by atoms with Gasteiger partial charge in [0.25, 0.3) is 11.8 Å². The van der Waals surface area contributed by atoms with Gasteiger partial charge >= 0.3 is 6.43 Å². The van der Waals surface area contributed by atoms with Gasteiger partial charge in [-0.1, -0.05) is 0 Å². The van der Waals surface area contributed by atoms with E-state index in [1.54, 1.807) is 0 Å². The molecule has 3 aromatic rings. The number of aromatic nitrogens is 4. The first-order chi connectivity index (χ1) is 13.9. The molecular formula is C16H12F2N6O3S2. The zero-order chi connectivity index (χ0) is 20.6. The van der Waals surface area contributed by atoms with Gasteiger partial charge in [-0.3, -0.25) is 9.29 Å². The summed E-state index contributed by atoms with van der Waals surface area (Å²) in [6, 6.07) is 3.37. The largest absolute Gasteiger partial charge is 0.414 e. The topological polar surface area (TPSA) is 126 Å². The highest BCUT2D eigenvalue weighted by Gasteiger charge is 2.41. The third kappa shape index (κ3) is 3.94. The maximum absolute atomic E-state index is 12.9. The van der Waals surface area contributed by atoms with Crippen LogP contribution in [0.4, 0.5) is 14.5 Å².